The van der Waals surface area contributed by atoms with E-state index in [-0.39, 0.29) is 11.3 Å². The van der Waals surface area contributed by atoms with Crippen LogP contribution in [0.3, 0.4) is 0 Å². The first-order valence-electron chi connectivity index (χ1n) is 7.54. The quantitative estimate of drug-likeness (QED) is 0.803. The van der Waals surface area contributed by atoms with E-state index in [0.29, 0.717) is 26.2 Å². The molecule has 1 saturated heterocycles. The van der Waals surface area contributed by atoms with E-state index in [1.807, 2.05) is 0 Å². The molecule has 1 aromatic rings. The lowest BCUT2D eigenvalue weighted by Gasteiger charge is -2.36. The number of ether oxygens (including phenoxy) is 2. The van der Waals surface area contributed by atoms with Gasteiger partial charge in [0, 0.05) is 43.9 Å². The third-order valence-electron chi connectivity index (χ3n) is 3.81. The molecule has 142 valence electrons. The van der Waals surface area contributed by atoms with Gasteiger partial charge in [0.1, 0.15) is 11.5 Å². The molecule has 1 heterocycles. The van der Waals surface area contributed by atoms with E-state index in [2.05, 4.69) is 10.1 Å². The van der Waals surface area contributed by atoms with Crippen LogP contribution in [0.2, 0.25) is 0 Å². The monoisotopic (exact) mass is 372 g/mol. The fourth-order valence-electron chi connectivity index (χ4n) is 2.81. The van der Waals surface area contributed by atoms with Gasteiger partial charge in [0.05, 0.1) is 13.5 Å². The van der Waals surface area contributed by atoms with Crippen molar-refractivity contribution in [2.24, 2.45) is 0 Å². The molecule has 1 aromatic carbocycles. The summed E-state index contributed by atoms with van der Waals surface area (Å²) >= 11 is 0. The van der Waals surface area contributed by atoms with Gasteiger partial charge < -0.3 is 14.8 Å². The third kappa shape index (κ3) is 5.96. The molecule has 0 amide bonds. The van der Waals surface area contributed by atoms with Crippen LogP contribution in [0.25, 0.3) is 0 Å². The fourth-order valence-corrected chi connectivity index (χ4v) is 2.81. The van der Waals surface area contributed by atoms with Gasteiger partial charge in [0.2, 0.25) is 0 Å². The first kappa shape index (κ1) is 19.6. The third-order valence-corrected chi connectivity index (χ3v) is 3.81. The number of benzene rings is 1. The number of nitrogens with zero attached hydrogens (tertiary/aromatic N) is 1. The van der Waals surface area contributed by atoms with Gasteiger partial charge in [0.25, 0.3) is 0 Å². The summed E-state index contributed by atoms with van der Waals surface area (Å²) in [7, 11) is 1.19. The number of hydrogen-bond donors (Lipinski definition) is 1. The van der Waals surface area contributed by atoms with Gasteiger partial charge in [-0.05, 0) is 6.07 Å². The molecule has 0 aliphatic carbocycles. The van der Waals surface area contributed by atoms with E-state index < -0.39 is 30.8 Å². The van der Waals surface area contributed by atoms with Crippen LogP contribution < -0.4 is 14.8 Å². The van der Waals surface area contributed by atoms with Gasteiger partial charge in [-0.15, -0.1) is 13.2 Å². The molecule has 0 spiro atoms. The van der Waals surface area contributed by atoms with Gasteiger partial charge in [-0.25, -0.2) is 0 Å². The average Bonchev–Trinajstić information content (AvgIpc) is 2.51. The molecular weight excluding hydrogens is 354 g/mol. The van der Waals surface area contributed by atoms with Crippen LogP contribution >= 0.6 is 0 Å². The minimum Gasteiger partial charge on any atom is -0.496 e. The van der Waals surface area contributed by atoms with Gasteiger partial charge >= 0.3 is 12.5 Å². The van der Waals surface area contributed by atoms with Crippen molar-refractivity contribution in [1.82, 2.24) is 10.2 Å². The van der Waals surface area contributed by atoms with E-state index in [1.54, 1.807) is 4.90 Å². The van der Waals surface area contributed by atoms with Crippen molar-refractivity contribution in [2.45, 2.75) is 25.0 Å². The molecule has 0 unspecified atom stereocenters. The Morgan fingerprint density at radius 3 is 2.28 bits per heavy atom. The van der Waals surface area contributed by atoms with E-state index >= 15 is 0 Å². The Kier molecular flexibility index (Phi) is 6.04. The second kappa shape index (κ2) is 7.69. The molecule has 4 nitrogen and oxygen atoms in total. The molecular formula is C15H18F6N2O2. The molecule has 0 bridgehead atoms. The lowest BCUT2D eigenvalue weighted by Crippen LogP contribution is -2.46. The summed E-state index contributed by atoms with van der Waals surface area (Å²) in [6.45, 7) is 1.85. The number of nitrogens with one attached hydrogen (secondary N) is 1. The zero-order valence-corrected chi connectivity index (χ0v) is 13.4. The number of alkyl halides is 6. The molecule has 10 heteroatoms. The standard InChI is InChI=1S/C15H18F6N2O2/c1-24-13-8-10(25-15(19,20)21)2-3-11(13)12(9-14(16,17)18)23-6-4-22-5-7-23/h2-3,8,12,22H,4-7,9H2,1H3/t12-/m0/s1. The topological polar surface area (TPSA) is 33.7 Å². The molecule has 2 rings (SSSR count). The summed E-state index contributed by atoms with van der Waals surface area (Å²) < 4.78 is 84.9. The Labute approximate surface area is 140 Å². The molecule has 0 aromatic heterocycles. The van der Waals surface area contributed by atoms with Crippen LogP contribution in [-0.2, 0) is 0 Å². The molecule has 1 N–H and O–H groups in total. The summed E-state index contributed by atoms with van der Waals surface area (Å²) in [4.78, 5) is 1.64. The fraction of sp³-hybridized carbons (Fsp3) is 0.600. The highest BCUT2D eigenvalue weighted by atomic mass is 19.4. The van der Waals surface area contributed by atoms with Crippen LogP contribution in [0.1, 0.15) is 18.0 Å². The number of methoxy groups -OCH3 is 1. The van der Waals surface area contributed by atoms with Gasteiger partial charge in [-0.1, -0.05) is 6.07 Å². The van der Waals surface area contributed by atoms with Crippen LogP contribution in [0, 0.1) is 0 Å². The highest BCUT2D eigenvalue weighted by molar-refractivity contribution is 5.43. The Bertz CT molecular complexity index is 570. The summed E-state index contributed by atoms with van der Waals surface area (Å²) in [5.41, 5.74) is 0.177. The van der Waals surface area contributed by atoms with Crippen LogP contribution in [0.15, 0.2) is 18.2 Å². The van der Waals surface area contributed by atoms with Crippen LogP contribution in [0.4, 0.5) is 26.3 Å². The van der Waals surface area contributed by atoms with Crippen molar-refractivity contribution in [3.63, 3.8) is 0 Å². The maximum Gasteiger partial charge on any atom is 0.573 e. The number of halogens is 6. The number of hydrogen-bond acceptors (Lipinski definition) is 4. The maximum atomic E-state index is 13.0. The Morgan fingerprint density at radius 2 is 1.76 bits per heavy atom. The molecule has 1 aliphatic rings. The molecule has 1 aliphatic heterocycles. The minimum absolute atomic E-state index is 0.0745. The van der Waals surface area contributed by atoms with Crippen LogP contribution in [-0.4, -0.2) is 50.7 Å². The first-order chi connectivity index (χ1) is 11.6. The van der Waals surface area contributed by atoms with Gasteiger partial charge in [-0.2, -0.15) is 13.2 Å². The lowest BCUT2D eigenvalue weighted by molar-refractivity contribution is -0.274. The van der Waals surface area contributed by atoms with E-state index in [4.69, 9.17) is 4.74 Å². The summed E-state index contributed by atoms with van der Waals surface area (Å²) in [5.74, 6) is -0.617. The maximum absolute atomic E-state index is 13.0. The summed E-state index contributed by atoms with van der Waals surface area (Å²) in [6.07, 6.45) is -10.4. The molecule has 25 heavy (non-hydrogen) atoms. The van der Waals surface area contributed by atoms with Crippen molar-refractivity contribution < 1.29 is 35.8 Å². The normalized spacial score (nSPS) is 18.0. The second-order valence-corrected chi connectivity index (χ2v) is 5.57. The predicted molar refractivity (Wildman–Crippen MR) is 77.5 cm³/mol. The highest BCUT2D eigenvalue weighted by Gasteiger charge is 2.37. The Morgan fingerprint density at radius 1 is 1.12 bits per heavy atom. The van der Waals surface area contributed by atoms with E-state index in [1.165, 1.54) is 13.2 Å². The lowest BCUT2D eigenvalue weighted by atomic mass is 9.99. The molecule has 0 saturated carbocycles. The summed E-state index contributed by atoms with van der Waals surface area (Å²) in [6, 6.07) is 2.10. The minimum atomic E-state index is -4.89. The number of rotatable bonds is 5. The Balaban J connectivity index is 2.34. The van der Waals surface area contributed by atoms with E-state index in [0.717, 1.165) is 12.1 Å². The zero-order chi connectivity index (χ0) is 18.7. The number of piperazine rings is 1. The largest absolute Gasteiger partial charge is 0.573 e. The smallest absolute Gasteiger partial charge is 0.496 e. The molecule has 1 fully saturated rings. The van der Waals surface area contributed by atoms with E-state index in [9.17, 15) is 26.3 Å². The van der Waals surface area contributed by atoms with Crippen molar-refractivity contribution in [1.29, 1.82) is 0 Å². The first-order valence-corrected chi connectivity index (χ1v) is 7.54. The van der Waals surface area contributed by atoms with Crippen molar-refractivity contribution >= 4 is 0 Å². The van der Waals surface area contributed by atoms with Gasteiger partial charge in [-0.3, -0.25) is 4.90 Å². The Hall–Kier alpha value is -1.68. The molecule has 0 radical (unpaired) electrons. The predicted octanol–water partition coefficient (Wildman–Crippen LogP) is 3.49. The second-order valence-electron chi connectivity index (χ2n) is 5.57. The van der Waals surface area contributed by atoms with Gasteiger partial charge in [0.15, 0.2) is 0 Å². The summed E-state index contributed by atoms with van der Waals surface area (Å²) in [5, 5.41) is 3.05. The SMILES string of the molecule is COc1cc(OC(F)(F)F)ccc1[C@H](CC(F)(F)F)N1CCNCC1. The van der Waals surface area contributed by atoms with Crippen molar-refractivity contribution in [3.8, 4) is 11.5 Å². The highest BCUT2D eigenvalue weighted by Crippen LogP contribution is 2.40. The van der Waals surface area contributed by atoms with Crippen molar-refractivity contribution in [2.75, 3.05) is 33.3 Å². The molecule has 1 atom stereocenters. The van der Waals surface area contributed by atoms with Crippen molar-refractivity contribution in [3.05, 3.63) is 23.8 Å². The van der Waals surface area contributed by atoms with Crippen LogP contribution in [0.5, 0.6) is 11.5 Å². The average molecular weight is 372 g/mol. The zero-order valence-electron chi connectivity index (χ0n) is 13.4.